The molecule has 110 valence electrons. The Morgan fingerprint density at radius 3 is 1.95 bits per heavy atom. The second kappa shape index (κ2) is 5.13. The van der Waals surface area contributed by atoms with E-state index in [0.29, 0.717) is 5.56 Å². The molecule has 0 spiro atoms. The van der Waals surface area contributed by atoms with E-state index in [1.807, 2.05) is 34.6 Å². The van der Waals surface area contributed by atoms with Crippen LogP contribution < -0.4 is 0 Å². The van der Waals surface area contributed by atoms with Gasteiger partial charge in [0.1, 0.15) is 5.82 Å². The second-order valence-corrected chi connectivity index (χ2v) is 6.48. The largest absolute Gasteiger partial charge is 0.463 e. The van der Waals surface area contributed by atoms with E-state index in [2.05, 4.69) is 0 Å². The molecule has 1 heterocycles. The third-order valence-electron chi connectivity index (χ3n) is 4.41. The molecule has 3 nitrogen and oxygen atoms in total. The van der Waals surface area contributed by atoms with Crippen molar-refractivity contribution in [3.8, 4) is 0 Å². The third kappa shape index (κ3) is 2.75. The molecule has 1 N–H and O–H groups in total. The van der Waals surface area contributed by atoms with Crippen LogP contribution in [-0.4, -0.2) is 23.4 Å². The average Bonchev–Trinajstić information content (AvgIpc) is 2.57. The molecule has 20 heavy (non-hydrogen) atoms. The summed E-state index contributed by atoms with van der Waals surface area (Å²) in [6.45, 7) is 9.78. The number of hydrogen-bond donors (Lipinski definition) is 1. The Labute approximate surface area is 120 Å². The van der Waals surface area contributed by atoms with Crippen LogP contribution in [0.15, 0.2) is 24.3 Å². The van der Waals surface area contributed by atoms with Crippen LogP contribution in [0.4, 0.5) is 4.39 Å². The lowest BCUT2D eigenvalue weighted by molar-refractivity contribution is 0.00578. The van der Waals surface area contributed by atoms with Crippen LogP contribution in [0, 0.1) is 5.82 Å². The highest BCUT2D eigenvalue weighted by Crippen LogP contribution is 2.43. The van der Waals surface area contributed by atoms with Crippen molar-refractivity contribution < 1.29 is 18.8 Å². The monoisotopic (exact) mass is 280 g/mol. The molecule has 0 amide bonds. The van der Waals surface area contributed by atoms with Gasteiger partial charge in [-0.2, -0.15) is 0 Å². The van der Waals surface area contributed by atoms with Crippen LogP contribution in [0.1, 0.15) is 46.3 Å². The second-order valence-electron chi connectivity index (χ2n) is 6.48. The van der Waals surface area contributed by atoms with Gasteiger partial charge >= 0.3 is 7.12 Å². The summed E-state index contributed by atoms with van der Waals surface area (Å²) < 4.78 is 24.8. The summed E-state index contributed by atoms with van der Waals surface area (Å²) >= 11 is 0. The van der Waals surface area contributed by atoms with Gasteiger partial charge < -0.3 is 14.4 Å². The number of aliphatic hydroxyl groups excluding tert-OH is 1. The molecule has 2 atom stereocenters. The standard InChI is InChI=1S/C15H22BFO3/c1-10(13(18)11-6-8-12(17)9-7-11)16-19-14(2,3)15(4,5)20-16/h6-10,13,18H,1-5H3/t10-,13-/m1/s1. The fourth-order valence-electron chi connectivity index (χ4n) is 2.22. The summed E-state index contributed by atoms with van der Waals surface area (Å²) in [7, 11) is -0.486. The highest BCUT2D eigenvalue weighted by molar-refractivity contribution is 6.47. The molecular weight excluding hydrogens is 258 g/mol. The van der Waals surface area contributed by atoms with Crippen LogP contribution >= 0.6 is 0 Å². The highest BCUT2D eigenvalue weighted by Gasteiger charge is 2.53. The molecule has 2 rings (SSSR count). The summed E-state index contributed by atoms with van der Waals surface area (Å²) in [6, 6.07) is 5.86. The highest BCUT2D eigenvalue weighted by atomic mass is 19.1. The van der Waals surface area contributed by atoms with Gasteiger partial charge in [0.15, 0.2) is 0 Å². The van der Waals surface area contributed by atoms with E-state index in [9.17, 15) is 9.50 Å². The molecule has 0 saturated carbocycles. The van der Waals surface area contributed by atoms with Crippen LogP contribution in [-0.2, 0) is 9.31 Å². The normalized spacial score (nSPS) is 23.6. The average molecular weight is 280 g/mol. The number of aliphatic hydroxyl groups is 1. The molecule has 1 aliphatic heterocycles. The topological polar surface area (TPSA) is 38.7 Å². The first kappa shape index (κ1) is 15.5. The molecule has 0 aromatic heterocycles. The van der Waals surface area contributed by atoms with Gasteiger partial charge in [0.05, 0.1) is 17.3 Å². The zero-order chi connectivity index (χ0) is 15.1. The maximum Gasteiger partial charge on any atom is 0.463 e. The van der Waals surface area contributed by atoms with E-state index in [1.165, 1.54) is 12.1 Å². The molecule has 0 radical (unpaired) electrons. The summed E-state index contributed by atoms with van der Waals surface area (Å²) in [5.74, 6) is -0.564. The predicted molar refractivity (Wildman–Crippen MR) is 76.9 cm³/mol. The maximum absolute atomic E-state index is 12.9. The van der Waals surface area contributed by atoms with E-state index in [1.54, 1.807) is 12.1 Å². The smallest absolute Gasteiger partial charge is 0.403 e. The van der Waals surface area contributed by atoms with Gasteiger partial charge in [0.25, 0.3) is 0 Å². The SMILES string of the molecule is C[C@@H](B1OC(C)(C)C(C)(C)O1)[C@@H](O)c1ccc(F)cc1. The number of benzene rings is 1. The van der Waals surface area contributed by atoms with Crippen molar-refractivity contribution >= 4 is 7.12 Å². The van der Waals surface area contributed by atoms with Crippen molar-refractivity contribution in [3.63, 3.8) is 0 Å². The van der Waals surface area contributed by atoms with Gasteiger partial charge in [0.2, 0.25) is 0 Å². The minimum absolute atomic E-state index is 0.249. The van der Waals surface area contributed by atoms with E-state index in [-0.39, 0.29) is 11.6 Å². The quantitative estimate of drug-likeness (QED) is 0.863. The number of halogens is 1. The molecule has 1 fully saturated rings. The first-order valence-corrected chi connectivity index (χ1v) is 6.93. The minimum Gasteiger partial charge on any atom is -0.403 e. The Hall–Kier alpha value is -0.905. The van der Waals surface area contributed by atoms with Crippen molar-refractivity contribution in [3.05, 3.63) is 35.6 Å². The maximum atomic E-state index is 12.9. The third-order valence-corrected chi connectivity index (χ3v) is 4.41. The number of rotatable bonds is 3. The van der Waals surface area contributed by atoms with Crippen molar-refractivity contribution in [1.82, 2.24) is 0 Å². The summed E-state index contributed by atoms with van der Waals surface area (Å²) in [6.07, 6.45) is -0.759. The van der Waals surface area contributed by atoms with E-state index >= 15 is 0 Å². The first-order valence-electron chi connectivity index (χ1n) is 6.93. The zero-order valence-corrected chi connectivity index (χ0v) is 12.7. The van der Waals surface area contributed by atoms with Gasteiger partial charge in [-0.25, -0.2) is 4.39 Å². The molecule has 0 unspecified atom stereocenters. The van der Waals surface area contributed by atoms with Gasteiger partial charge in [-0.1, -0.05) is 19.1 Å². The Bertz CT molecular complexity index is 457. The molecule has 1 aromatic rings. The Morgan fingerprint density at radius 1 is 1.05 bits per heavy atom. The van der Waals surface area contributed by atoms with Crippen LogP contribution in [0.25, 0.3) is 0 Å². The molecule has 0 aliphatic carbocycles. The van der Waals surface area contributed by atoms with Crippen molar-refractivity contribution in [2.45, 2.75) is 57.7 Å². The predicted octanol–water partition coefficient (Wildman–Crippen LogP) is 3.34. The fraction of sp³-hybridized carbons (Fsp3) is 0.600. The lowest BCUT2D eigenvalue weighted by atomic mass is 9.68. The van der Waals surface area contributed by atoms with Gasteiger partial charge in [-0.15, -0.1) is 0 Å². The molecule has 1 aromatic carbocycles. The fourth-order valence-corrected chi connectivity index (χ4v) is 2.22. The Kier molecular flexibility index (Phi) is 3.97. The summed E-state index contributed by atoms with van der Waals surface area (Å²) in [4.78, 5) is 0. The Balaban J connectivity index is 2.12. The number of hydrogen-bond acceptors (Lipinski definition) is 3. The van der Waals surface area contributed by atoms with Gasteiger partial charge in [0, 0.05) is 5.82 Å². The first-order chi connectivity index (χ1) is 9.14. The van der Waals surface area contributed by atoms with Crippen molar-refractivity contribution in [2.24, 2.45) is 0 Å². The lowest BCUT2D eigenvalue weighted by Crippen LogP contribution is -2.41. The molecular formula is C15H22BFO3. The van der Waals surface area contributed by atoms with Crippen LogP contribution in [0.3, 0.4) is 0 Å². The Morgan fingerprint density at radius 2 is 1.50 bits per heavy atom. The van der Waals surface area contributed by atoms with E-state index in [4.69, 9.17) is 9.31 Å². The summed E-state index contributed by atoms with van der Waals surface area (Å²) in [5.41, 5.74) is -0.184. The van der Waals surface area contributed by atoms with E-state index in [0.717, 1.165) is 0 Å². The molecule has 1 aliphatic rings. The lowest BCUT2D eigenvalue weighted by Gasteiger charge is -2.32. The van der Waals surface area contributed by atoms with Crippen molar-refractivity contribution in [1.29, 1.82) is 0 Å². The van der Waals surface area contributed by atoms with Crippen molar-refractivity contribution in [2.75, 3.05) is 0 Å². The van der Waals surface area contributed by atoms with Gasteiger partial charge in [-0.05, 0) is 45.4 Å². The summed E-state index contributed by atoms with van der Waals surface area (Å²) in [5, 5.41) is 10.4. The molecule has 1 saturated heterocycles. The minimum atomic E-state index is -0.759. The van der Waals surface area contributed by atoms with Crippen LogP contribution in [0.5, 0.6) is 0 Å². The zero-order valence-electron chi connectivity index (χ0n) is 12.7. The molecule has 5 heteroatoms. The van der Waals surface area contributed by atoms with Crippen LogP contribution in [0.2, 0.25) is 5.82 Å². The molecule has 0 bridgehead atoms. The van der Waals surface area contributed by atoms with E-state index < -0.39 is 24.4 Å². The van der Waals surface area contributed by atoms with Gasteiger partial charge in [-0.3, -0.25) is 0 Å².